The van der Waals surface area contributed by atoms with Crippen LogP contribution in [0.5, 0.6) is 0 Å². The molecule has 0 atom stereocenters. The van der Waals surface area contributed by atoms with E-state index >= 15 is 0 Å². The lowest BCUT2D eigenvalue weighted by Gasteiger charge is -2.19. The van der Waals surface area contributed by atoms with E-state index in [2.05, 4.69) is 0 Å². The molecule has 0 heterocycles. The second-order valence-electron chi connectivity index (χ2n) is 3.85. The Labute approximate surface area is 106 Å². The molecule has 0 saturated heterocycles. The molecule has 0 radical (unpaired) electrons. The van der Waals surface area contributed by atoms with E-state index in [1.807, 2.05) is 13.8 Å². The number of esters is 1. The third-order valence-corrected chi connectivity index (χ3v) is 2.01. The molecule has 5 heteroatoms. The van der Waals surface area contributed by atoms with E-state index in [1.165, 1.54) is 6.08 Å². The van der Waals surface area contributed by atoms with Crippen molar-refractivity contribution in [3.05, 3.63) is 12.2 Å². The number of halogens is 3. The lowest BCUT2D eigenvalue weighted by atomic mass is 9.89. The quantitative estimate of drug-likeness (QED) is 0.441. The van der Waals surface area contributed by atoms with E-state index in [1.54, 1.807) is 13.0 Å². The first-order valence-electron chi connectivity index (χ1n) is 4.59. The molecule has 0 spiro atoms. The minimum Gasteiger partial charge on any atom is -0.466 e. The van der Waals surface area contributed by atoms with Gasteiger partial charge in [-0.1, -0.05) is 54.7 Å². The molecule has 0 aromatic rings. The number of ether oxygens (including phenoxy) is 1. The maximum absolute atomic E-state index is 11.2. The Bertz CT molecular complexity index is 242. The van der Waals surface area contributed by atoms with Crippen molar-refractivity contribution in [3.8, 4) is 0 Å². The summed E-state index contributed by atoms with van der Waals surface area (Å²) >= 11 is 16.7. The van der Waals surface area contributed by atoms with Gasteiger partial charge in [0.05, 0.1) is 13.0 Å². The van der Waals surface area contributed by atoms with E-state index in [4.69, 9.17) is 39.5 Å². The lowest BCUT2D eigenvalue weighted by molar-refractivity contribution is -0.144. The number of allylic oxidation sites excluding steroid dienone is 2. The molecule has 0 saturated carbocycles. The topological polar surface area (TPSA) is 26.3 Å². The number of rotatable bonds is 4. The van der Waals surface area contributed by atoms with E-state index in [9.17, 15) is 4.79 Å². The van der Waals surface area contributed by atoms with Gasteiger partial charge < -0.3 is 4.74 Å². The second-order valence-corrected chi connectivity index (χ2v) is 6.21. The van der Waals surface area contributed by atoms with Crippen molar-refractivity contribution in [2.75, 3.05) is 6.61 Å². The summed E-state index contributed by atoms with van der Waals surface area (Å²) < 4.78 is 3.41. The largest absolute Gasteiger partial charge is 0.466 e. The smallest absolute Gasteiger partial charge is 0.306 e. The molecule has 0 rings (SSSR count). The zero-order valence-corrected chi connectivity index (χ0v) is 11.3. The molecule has 88 valence electrons. The van der Waals surface area contributed by atoms with Crippen LogP contribution in [0.4, 0.5) is 0 Å². The van der Waals surface area contributed by atoms with Gasteiger partial charge in [-0.2, -0.15) is 0 Å². The SMILES string of the molecule is CCOC(=O)CC(C)(C)C=CC(Cl)(Cl)Cl. The van der Waals surface area contributed by atoms with Gasteiger partial charge in [0.15, 0.2) is 0 Å². The highest BCUT2D eigenvalue weighted by atomic mass is 35.6. The van der Waals surface area contributed by atoms with Crippen molar-refractivity contribution in [2.45, 2.75) is 31.0 Å². The first kappa shape index (κ1) is 15.1. The maximum Gasteiger partial charge on any atom is 0.306 e. The van der Waals surface area contributed by atoms with Gasteiger partial charge in [0, 0.05) is 0 Å². The molecule has 0 fully saturated rings. The van der Waals surface area contributed by atoms with Gasteiger partial charge in [0.25, 0.3) is 0 Å². The third kappa shape index (κ3) is 9.04. The van der Waals surface area contributed by atoms with Crippen LogP contribution in [0.3, 0.4) is 0 Å². The van der Waals surface area contributed by atoms with Gasteiger partial charge >= 0.3 is 5.97 Å². The van der Waals surface area contributed by atoms with Gasteiger partial charge in [-0.3, -0.25) is 4.79 Å². The molecule has 0 amide bonds. The molecular formula is C10H15Cl3O2. The highest BCUT2D eigenvalue weighted by Gasteiger charge is 2.22. The maximum atomic E-state index is 11.2. The standard InChI is InChI=1S/C10H15Cl3O2/c1-4-15-8(14)7-9(2,3)5-6-10(11,12)13/h5-6H,4,7H2,1-3H3. The zero-order chi connectivity index (χ0) is 12.1. The molecule has 15 heavy (non-hydrogen) atoms. The molecule has 0 N–H and O–H groups in total. The number of carbonyl (C=O) groups excluding carboxylic acids is 1. The molecule has 2 nitrogen and oxygen atoms in total. The minimum atomic E-state index is -1.42. The van der Waals surface area contributed by atoms with E-state index in [-0.39, 0.29) is 17.8 Å². The summed E-state index contributed by atoms with van der Waals surface area (Å²) in [5, 5.41) is 0. The minimum absolute atomic E-state index is 0.253. The Kier molecular flexibility index (Phi) is 6.01. The van der Waals surface area contributed by atoms with Gasteiger partial charge in [0.2, 0.25) is 3.79 Å². The Balaban J connectivity index is 4.30. The highest BCUT2D eigenvalue weighted by Crippen LogP contribution is 2.31. The zero-order valence-electron chi connectivity index (χ0n) is 9.02. The van der Waals surface area contributed by atoms with E-state index in [0.29, 0.717) is 6.61 Å². The van der Waals surface area contributed by atoms with Crippen molar-refractivity contribution in [3.63, 3.8) is 0 Å². The predicted molar refractivity (Wildman–Crippen MR) is 64.5 cm³/mol. The summed E-state index contributed by atoms with van der Waals surface area (Å²) in [4.78, 5) is 11.2. The Morgan fingerprint density at radius 2 is 1.80 bits per heavy atom. The molecule has 0 bridgehead atoms. The van der Waals surface area contributed by atoms with Crippen LogP contribution >= 0.6 is 34.8 Å². The third-order valence-electron chi connectivity index (χ3n) is 1.63. The molecule has 0 aliphatic rings. The van der Waals surface area contributed by atoms with Crippen LogP contribution < -0.4 is 0 Å². The Morgan fingerprint density at radius 1 is 1.27 bits per heavy atom. The molecule has 0 unspecified atom stereocenters. The number of hydrogen-bond donors (Lipinski definition) is 0. The number of carbonyl (C=O) groups is 1. The van der Waals surface area contributed by atoms with Gasteiger partial charge in [-0.25, -0.2) is 0 Å². The molecule has 0 aromatic heterocycles. The molecular weight excluding hydrogens is 258 g/mol. The van der Waals surface area contributed by atoms with Gasteiger partial charge in [-0.05, 0) is 18.4 Å². The van der Waals surface area contributed by atoms with Crippen LogP contribution in [-0.4, -0.2) is 16.4 Å². The van der Waals surface area contributed by atoms with Crippen LogP contribution in [0, 0.1) is 5.41 Å². The first-order chi connectivity index (χ1) is 6.66. The normalized spacial score (nSPS) is 13.2. The van der Waals surface area contributed by atoms with Crippen LogP contribution in [0.15, 0.2) is 12.2 Å². The van der Waals surface area contributed by atoms with Crippen LogP contribution in [0.1, 0.15) is 27.2 Å². The van der Waals surface area contributed by atoms with Gasteiger partial charge in [0.1, 0.15) is 0 Å². The fraction of sp³-hybridized carbons (Fsp3) is 0.700. The van der Waals surface area contributed by atoms with Crippen LogP contribution in [0.2, 0.25) is 0 Å². The fourth-order valence-electron chi connectivity index (χ4n) is 0.963. The predicted octanol–water partition coefficient (Wildman–Crippen LogP) is 3.89. The molecule has 0 aliphatic heterocycles. The summed E-state index contributed by atoms with van der Waals surface area (Å²) in [6, 6.07) is 0. The Hall–Kier alpha value is 0.0800. The summed E-state index contributed by atoms with van der Waals surface area (Å²) in [7, 11) is 0. The summed E-state index contributed by atoms with van der Waals surface area (Å²) in [5.74, 6) is -0.253. The summed E-state index contributed by atoms with van der Waals surface area (Å²) in [6.07, 6.45) is 3.41. The number of hydrogen-bond acceptors (Lipinski definition) is 2. The number of alkyl halides is 3. The van der Waals surface area contributed by atoms with Crippen LogP contribution in [0.25, 0.3) is 0 Å². The monoisotopic (exact) mass is 272 g/mol. The Morgan fingerprint density at radius 3 is 2.20 bits per heavy atom. The molecule has 0 aliphatic carbocycles. The van der Waals surface area contributed by atoms with Crippen molar-refractivity contribution in [2.24, 2.45) is 5.41 Å². The van der Waals surface area contributed by atoms with Crippen molar-refractivity contribution in [1.82, 2.24) is 0 Å². The summed E-state index contributed by atoms with van der Waals surface area (Å²) in [5.41, 5.74) is -0.379. The van der Waals surface area contributed by atoms with E-state index in [0.717, 1.165) is 0 Å². The summed E-state index contributed by atoms with van der Waals surface area (Å²) in [6.45, 7) is 5.89. The van der Waals surface area contributed by atoms with Gasteiger partial charge in [-0.15, -0.1) is 0 Å². The van der Waals surface area contributed by atoms with Crippen molar-refractivity contribution < 1.29 is 9.53 Å². The average Bonchev–Trinajstić information content (AvgIpc) is 1.99. The second kappa shape index (κ2) is 5.97. The highest BCUT2D eigenvalue weighted by molar-refractivity contribution is 6.68. The average molecular weight is 274 g/mol. The van der Waals surface area contributed by atoms with E-state index < -0.39 is 3.79 Å². The lowest BCUT2D eigenvalue weighted by Crippen LogP contribution is -2.17. The first-order valence-corrected chi connectivity index (χ1v) is 5.72. The van der Waals surface area contributed by atoms with Crippen LogP contribution in [-0.2, 0) is 9.53 Å². The molecule has 0 aromatic carbocycles. The fourth-order valence-corrected chi connectivity index (χ4v) is 1.15. The van der Waals surface area contributed by atoms with Crippen molar-refractivity contribution >= 4 is 40.8 Å². The van der Waals surface area contributed by atoms with Crippen molar-refractivity contribution in [1.29, 1.82) is 0 Å².